The number of esters is 2. The summed E-state index contributed by atoms with van der Waals surface area (Å²) in [5.41, 5.74) is 2.84. The van der Waals surface area contributed by atoms with E-state index < -0.39 is 17.8 Å². The molecule has 0 spiro atoms. The van der Waals surface area contributed by atoms with Crippen LogP contribution in [0.3, 0.4) is 0 Å². The van der Waals surface area contributed by atoms with Gasteiger partial charge in [0.2, 0.25) is 0 Å². The molecule has 8 rings (SSSR count). The summed E-state index contributed by atoms with van der Waals surface area (Å²) < 4.78 is 4.69. The molecule has 6 aromatic carbocycles. The minimum absolute atomic E-state index is 0.186. The fourth-order valence-corrected chi connectivity index (χ4v) is 5.82. The lowest BCUT2D eigenvalue weighted by Crippen LogP contribution is -2.29. The van der Waals surface area contributed by atoms with E-state index in [-0.39, 0.29) is 22.6 Å². The second kappa shape index (κ2) is 7.11. The Kier molecular flexibility index (Phi) is 3.89. The molecule has 0 aromatic heterocycles. The van der Waals surface area contributed by atoms with Gasteiger partial charge in [0, 0.05) is 5.39 Å². The van der Waals surface area contributed by atoms with Gasteiger partial charge in [-0.25, -0.2) is 14.5 Å². The molecule has 6 nitrogen and oxygen atoms in total. The van der Waals surface area contributed by atoms with E-state index in [9.17, 15) is 19.2 Å². The van der Waals surface area contributed by atoms with Crippen LogP contribution in [0.25, 0.3) is 43.4 Å². The fraction of sp³-hybridized carbons (Fsp3) is 0. The van der Waals surface area contributed by atoms with Crippen LogP contribution in [0.5, 0.6) is 0 Å². The molecule has 0 saturated heterocycles. The maximum absolute atomic E-state index is 13.7. The van der Waals surface area contributed by atoms with E-state index in [2.05, 4.69) is 29.0 Å². The minimum atomic E-state index is -0.695. The van der Waals surface area contributed by atoms with Gasteiger partial charge in [-0.05, 0) is 68.4 Å². The number of carbonyl (C=O) groups is 4. The molecular weight excluding hydrogens is 478 g/mol. The Bertz CT molecular complexity index is 2070. The summed E-state index contributed by atoms with van der Waals surface area (Å²) in [6.45, 7) is 0. The van der Waals surface area contributed by atoms with E-state index >= 15 is 0 Å². The SMILES string of the molecule is O=C1OC(=O)c2cc(-c3ccc4c(c3)C(=O)N(c3ccc5ccc6cccc7ccc3c5c67)C4=O)ccc21. The van der Waals surface area contributed by atoms with Crippen LogP contribution in [0.4, 0.5) is 5.69 Å². The molecule has 2 aliphatic rings. The zero-order chi connectivity index (χ0) is 25.7. The average Bonchev–Trinajstić information content (AvgIpc) is 3.37. The summed E-state index contributed by atoms with van der Waals surface area (Å²) in [5.74, 6) is -2.15. The Hall–Kier alpha value is -5.36. The molecule has 178 valence electrons. The van der Waals surface area contributed by atoms with Crippen LogP contribution in [0.1, 0.15) is 41.4 Å². The van der Waals surface area contributed by atoms with Crippen molar-refractivity contribution in [3.8, 4) is 11.1 Å². The van der Waals surface area contributed by atoms with Crippen molar-refractivity contribution in [1.29, 1.82) is 0 Å². The Labute approximate surface area is 215 Å². The van der Waals surface area contributed by atoms with E-state index in [0.29, 0.717) is 22.4 Å². The molecule has 0 bridgehead atoms. The number of ether oxygens (including phenoxy) is 1. The van der Waals surface area contributed by atoms with Gasteiger partial charge < -0.3 is 4.74 Å². The number of nitrogens with zero attached hydrogens (tertiary/aromatic N) is 1. The lowest BCUT2D eigenvalue weighted by molar-refractivity contribution is 0.0443. The Morgan fingerprint density at radius 1 is 0.500 bits per heavy atom. The molecule has 2 amide bonds. The van der Waals surface area contributed by atoms with Crippen molar-refractivity contribution in [2.45, 2.75) is 0 Å². The van der Waals surface area contributed by atoms with Crippen molar-refractivity contribution >= 4 is 61.8 Å². The smallest absolute Gasteiger partial charge is 0.346 e. The monoisotopic (exact) mass is 493 g/mol. The molecule has 0 fully saturated rings. The number of carbonyl (C=O) groups excluding carboxylic acids is 4. The van der Waals surface area contributed by atoms with E-state index in [1.54, 1.807) is 30.3 Å². The highest BCUT2D eigenvalue weighted by Gasteiger charge is 2.38. The number of amides is 2. The first-order valence-corrected chi connectivity index (χ1v) is 12.1. The lowest BCUT2D eigenvalue weighted by Gasteiger charge is -2.19. The van der Waals surface area contributed by atoms with E-state index in [1.165, 1.54) is 11.0 Å². The molecule has 0 N–H and O–H groups in total. The largest absolute Gasteiger partial charge is 0.386 e. The lowest BCUT2D eigenvalue weighted by atomic mass is 9.93. The second-order valence-corrected chi connectivity index (χ2v) is 9.58. The van der Waals surface area contributed by atoms with Crippen molar-refractivity contribution in [3.05, 3.63) is 113 Å². The van der Waals surface area contributed by atoms with Crippen LogP contribution in [-0.2, 0) is 4.74 Å². The van der Waals surface area contributed by atoms with Gasteiger partial charge in [-0.3, -0.25) is 9.59 Å². The maximum Gasteiger partial charge on any atom is 0.346 e. The van der Waals surface area contributed by atoms with Gasteiger partial charge in [-0.1, -0.05) is 60.7 Å². The van der Waals surface area contributed by atoms with Gasteiger partial charge in [0.1, 0.15) is 0 Å². The predicted molar refractivity (Wildman–Crippen MR) is 143 cm³/mol. The van der Waals surface area contributed by atoms with Gasteiger partial charge >= 0.3 is 11.9 Å². The second-order valence-electron chi connectivity index (χ2n) is 9.58. The number of rotatable bonds is 2. The predicted octanol–water partition coefficient (Wildman–Crippen LogP) is 6.36. The summed E-state index contributed by atoms with van der Waals surface area (Å²) >= 11 is 0. The number of hydrogen-bond acceptors (Lipinski definition) is 5. The highest BCUT2D eigenvalue weighted by atomic mass is 16.6. The van der Waals surface area contributed by atoms with Crippen molar-refractivity contribution < 1.29 is 23.9 Å². The molecule has 6 aromatic rings. The first-order chi connectivity index (χ1) is 18.5. The summed E-state index contributed by atoms with van der Waals surface area (Å²) in [4.78, 5) is 52.3. The third kappa shape index (κ3) is 2.61. The van der Waals surface area contributed by atoms with E-state index in [0.717, 1.165) is 32.3 Å². The zero-order valence-electron chi connectivity index (χ0n) is 19.6. The fourth-order valence-electron chi connectivity index (χ4n) is 5.82. The normalized spacial score (nSPS) is 14.7. The maximum atomic E-state index is 13.7. The van der Waals surface area contributed by atoms with Gasteiger partial charge in [0.05, 0.1) is 27.9 Å². The van der Waals surface area contributed by atoms with Crippen molar-refractivity contribution in [2.75, 3.05) is 4.90 Å². The summed E-state index contributed by atoms with van der Waals surface area (Å²) in [6, 6.07) is 27.9. The number of cyclic esters (lactones) is 2. The van der Waals surface area contributed by atoms with Crippen molar-refractivity contribution in [2.24, 2.45) is 0 Å². The van der Waals surface area contributed by atoms with Gasteiger partial charge in [0.15, 0.2) is 0 Å². The molecule has 0 aliphatic carbocycles. The van der Waals surface area contributed by atoms with E-state index in [1.807, 2.05) is 30.3 Å². The van der Waals surface area contributed by atoms with Crippen LogP contribution in [0.15, 0.2) is 91.0 Å². The topological polar surface area (TPSA) is 80.8 Å². The third-order valence-corrected chi connectivity index (χ3v) is 7.61. The van der Waals surface area contributed by atoms with Crippen LogP contribution < -0.4 is 4.90 Å². The minimum Gasteiger partial charge on any atom is -0.386 e. The molecule has 0 radical (unpaired) electrons. The Balaban J connectivity index is 1.26. The number of fused-ring (bicyclic) bond motifs is 2. The van der Waals surface area contributed by atoms with Crippen LogP contribution in [0, 0.1) is 0 Å². The molecule has 38 heavy (non-hydrogen) atoms. The van der Waals surface area contributed by atoms with E-state index in [4.69, 9.17) is 0 Å². The van der Waals surface area contributed by atoms with Gasteiger partial charge in [-0.2, -0.15) is 0 Å². The highest BCUT2D eigenvalue weighted by molar-refractivity contribution is 6.37. The number of imide groups is 1. The molecule has 0 atom stereocenters. The zero-order valence-corrected chi connectivity index (χ0v) is 19.6. The Morgan fingerprint density at radius 2 is 1.08 bits per heavy atom. The van der Waals surface area contributed by atoms with Crippen LogP contribution >= 0.6 is 0 Å². The summed E-state index contributed by atoms with van der Waals surface area (Å²) in [5, 5.41) is 6.21. The molecule has 0 saturated carbocycles. The summed E-state index contributed by atoms with van der Waals surface area (Å²) in [6.07, 6.45) is 0. The first-order valence-electron chi connectivity index (χ1n) is 12.1. The highest BCUT2D eigenvalue weighted by Crippen LogP contribution is 2.41. The quantitative estimate of drug-likeness (QED) is 0.121. The first kappa shape index (κ1) is 20.8. The Morgan fingerprint density at radius 3 is 1.84 bits per heavy atom. The summed E-state index contributed by atoms with van der Waals surface area (Å²) in [7, 11) is 0. The molecule has 2 heterocycles. The average molecular weight is 493 g/mol. The molecule has 6 heteroatoms. The van der Waals surface area contributed by atoms with Crippen molar-refractivity contribution in [3.63, 3.8) is 0 Å². The van der Waals surface area contributed by atoms with Crippen LogP contribution in [-0.4, -0.2) is 23.8 Å². The van der Waals surface area contributed by atoms with Gasteiger partial charge in [-0.15, -0.1) is 0 Å². The molecular formula is C32H15NO5. The standard InChI is InChI=1S/C32H15NO5/c34-29-21-10-7-19(20-8-11-22-25(15-20)32(37)38-31(22)36)14-24(21)30(35)33(29)26-13-9-18-5-4-16-2-1-3-17-6-12-23(26)28(18)27(16)17/h1-15H. The van der Waals surface area contributed by atoms with Gasteiger partial charge in [0.25, 0.3) is 11.8 Å². The third-order valence-electron chi connectivity index (χ3n) is 7.61. The molecule has 0 unspecified atom stereocenters. The van der Waals surface area contributed by atoms with Crippen molar-refractivity contribution in [1.82, 2.24) is 0 Å². The molecule has 2 aliphatic heterocycles. The number of hydrogen-bond donors (Lipinski definition) is 0. The number of anilines is 1. The van der Waals surface area contributed by atoms with Crippen LogP contribution in [0.2, 0.25) is 0 Å². The number of benzene rings is 6.